The van der Waals surface area contributed by atoms with Crippen LogP contribution in [0.15, 0.2) is 53.6 Å². The van der Waals surface area contributed by atoms with Crippen LogP contribution in [-0.2, 0) is 6.54 Å². The second kappa shape index (κ2) is 6.66. The lowest BCUT2D eigenvalue weighted by atomic mass is 9.97. The van der Waals surface area contributed by atoms with Gasteiger partial charge in [0.1, 0.15) is 17.1 Å². The molecule has 0 unspecified atom stereocenters. The molecule has 0 aliphatic carbocycles. The summed E-state index contributed by atoms with van der Waals surface area (Å²) in [5.74, 6) is 0.138. The van der Waals surface area contributed by atoms with Gasteiger partial charge in [0.05, 0.1) is 25.8 Å². The Hall–Kier alpha value is -3.81. The number of imidazole rings is 1. The number of benzene rings is 2. The predicted molar refractivity (Wildman–Crippen MR) is 106 cm³/mol. The van der Waals surface area contributed by atoms with Gasteiger partial charge in [-0.05, 0) is 30.7 Å². The van der Waals surface area contributed by atoms with Crippen LogP contribution in [0.4, 0.5) is 4.39 Å². The second-order valence-electron chi connectivity index (χ2n) is 6.57. The molecule has 3 heterocycles. The maximum Gasteiger partial charge on any atom is 0.183 e. The second-order valence-corrected chi connectivity index (χ2v) is 6.57. The Labute approximate surface area is 164 Å². The van der Waals surface area contributed by atoms with E-state index in [9.17, 15) is 4.39 Å². The van der Waals surface area contributed by atoms with Gasteiger partial charge >= 0.3 is 0 Å². The third kappa shape index (κ3) is 2.72. The number of aromatic nitrogens is 5. The van der Waals surface area contributed by atoms with E-state index in [1.54, 1.807) is 43.0 Å². The Morgan fingerprint density at radius 1 is 1.10 bits per heavy atom. The van der Waals surface area contributed by atoms with Gasteiger partial charge in [0, 0.05) is 34.7 Å². The third-order valence-electron chi connectivity index (χ3n) is 4.99. The Morgan fingerprint density at radius 2 is 2.00 bits per heavy atom. The van der Waals surface area contributed by atoms with Crippen molar-refractivity contribution < 1.29 is 13.7 Å². The monoisotopic (exact) mass is 389 g/mol. The summed E-state index contributed by atoms with van der Waals surface area (Å²) in [6.07, 6.45) is 4.97. The average Bonchev–Trinajstić information content (AvgIpc) is 3.39. The molecule has 0 spiro atoms. The van der Waals surface area contributed by atoms with Gasteiger partial charge in [0.25, 0.3) is 0 Å². The molecular weight excluding hydrogens is 373 g/mol. The number of methoxy groups -OCH3 is 1. The number of hydrogen-bond acceptors (Lipinski definition) is 6. The molecule has 0 saturated heterocycles. The van der Waals surface area contributed by atoms with Gasteiger partial charge < -0.3 is 13.8 Å². The van der Waals surface area contributed by atoms with Crippen LogP contribution in [0, 0.1) is 5.82 Å². The Morgan fingerprint density at radius 3 is 2.83 bits per heavy atom. The van der Waals surface area contributed by atoms with Crippen molar-refractivity contribution in [1.29, 1.82) is 0 Å². The highest BCUT2D eigenvalue weighted by molar-refractivity contribution is 5.92. The molecule has 5 rings (SSSR count). The number of hydrogen-bond donors (Lipinski definition) is 0. The van der Waals surface area contributed by atoms with E-state index in [0.29, 0.717) is 28.1 Å². The van der Waals surface area contributed by atoms with Crippen LogP contribution in [0.3, 0.4) is 0 Å². The smallest absolute Gasteiger partial charge is 0.183 e. The van der Waals surface area contributed by atoms with Crippen molar-refractivity contribution >= 4 is 22.1 Å². The number of halogens is 1. The molecule has 0 radical (unpaired) electrons. The Kier molecular flexibility index (Phi) is 3.97. The van der Waals surface area contributed by atoms with Crippen LogP contribution < -0.4 is 4.74 Å². The molecule has 7 nitrogen and oxygen atoms in total. The van der Waals surface area contributed by atoms with E-state index in [2.05, 4.69) is 20.3 Å². The van der Waals surface area contributed by atoms with E-state index >= 15 is 0 Å². The summed E-state index contributed by atoms with van der Waals surface area (Å²) in [6, 6.07) is 8.43. The fourth-order valence-electron chi connectivity index (χ4n) is 3.49. The van der Waals surface area contributed by atoms with Crippen molar-refractivity contribution in [3.8, 4) is 28.0 Å². The van der Waals surface area contributed by atoms with Crippen molar-refractivity contribution in [2.45, 2.75) is 13.5 Å². The molecule has 5 aromatic rings. The topological polar surface area (TPSA) is 78.9 Å². The largest absolute Gasteiger partial charge is 0.496 e. The molecular formula is C21H16FN5O2. The fraction of sp³-hybridized carbons (Fsp3) is 0.143. The standard InChI is InChI=1S/C21H16FN5O2/c1-3-27-11-23-20-16(10-24-26-21(20)27)12-4-5-17(22)14(6-12)15-7-13-9-25-29-18(13)8-19(15)28-2/h4-11H,3H2,1-2H3. The predicted octanol–water partition coefficient (Wildman–Crippen LogP) is 4.47. The first-order valence-electron chi connectivity index (χ1n) is 9.09. The normalized spacial score (nSPS) is 11.4. The van der Waals surface area contributed by atoms with Crippen LogP contribution in [-0.4, -0.2) is 32.0 Å². The van der Waals surface area contributed by atoms with Gasteiger partial charge in [-0.1, -0.05) is 11.2 Å². The van der Waals surface area contributed by atoms with E-state index in [4.69, 9.17) is 9.26 Å². The summed E-state index contributed by atoms with van der Waals surface area (Å²) in [6.45, 7) is 2.75. The third-order valence-corrected chi connectivity index (χ3v) is 4.99. The summed E-state index contributed by atoms with van der Waals surface area (Å²) in [5.41, 5.74) is 4.58. The van der Waals surface area contributed by atoms with E-state index in [-0.39, 0.29) is 5.82 Å². The molecule has 0 atom stereocenters. The van der Waals surface area contributed by atoms with Crippen LogP contribution >= 0.6 is 0 Å². The minimum atomic E-state index is -0.361. The molecule has 2 aromatic carbocycles. The van der Waals surface area contributed by atoms with Crippen LogP contribution in [0.25, 0.3) is 44.4 Å². The van der Waals surface area contributed by atoms with Crippen molar-refractivity contribution in [3.63, 3.8) is 0 Å². The number of rotatable bonds is 4. The zero-order valence-electron chi connectivity index (χ0n) is 15.8. The lowest BCUT2D eigenvalue weighted by Crippen LogP contribution is -1.96. The van der Waals surface area contributed by atoms with Crippen molar-refractivity contribution in [2.75, 3.05) is 7.11 Å². The zero-order valence-corrected chi connectivity index (χ0v) is 15.8. The van der Waals surface area contributed by atoms with E-state index < -0.39 is 0 Å². The highest BCUT2D eigenvalue weighted by Crippen LogP contribution is 2.38. The molecule has 0 N–H and O–H groups in total. The first-order valence-corrected chi connectivity index (χ1v) is 9.09. The first-order chi connectivity index (χ1) is 14.2. The van der Waals surface area contributed by atoms with Gasteiger partial charge in [0.2, 0.25) is 0 Å². The Balaban J connectivity index is 1.72. The molecule has 29 heavy (non-hydrogen) atoms. The summed E-state index contributed by atoms with van der Waals surface area (Å²) >= 11 is 0. The molecule has 0 amide bonds. The summed E-state index contributed by atoms with van der Waals surface area (Å²) in [7, 11) is 1.54. The zero-order chi connectivity index (χ0) is 20.0. The van der Waals surface area contributed by atoms with Crippen LogP contribution in [0.2, 0.25) is 0 Å². The van der Waals surface area contributed by atoms with Gasteiger partial charge in [-0.15, -0.1) is 5.10 Å². The maximum atomic E-state index is 14.8. The lowest BCUT2D eigenvalue weighted by molar-refractivity contribution is 0.413. The number of fused-ring (bicyclic) bond motifs is 2. The molecule has 0 aliphatic rings. The minimum absolute atomic E-state index is 0.361. The molecule has 0 bridgehead atoms. The maximum absolute atomic E-state index is 14.8. The average molecular weight is 389 g/mol. The molecule has 0 saturated carbocycles. The molecule has 8 heteroatoms. The van der Waals surface area contributed by atoms with Gasteiger partial charge in [0.15, 0.2) is 11.2 Å². The SMILES string of the molecule is CCn1cnc2c(-c3ccc(F)c(-c4cc5cnoc5cc4OC)c3)cnnc21. The number of nitrogens with zero attached hydrogens (tertiary/aromatic N) is 5. The highest BCUT2D eigenvalue weighted by Gasteiger charge is 2.17. The van der Waals surface area contributed by atoms with E-state index in [1.807, 2.05) is 11.5 Å². The van der Waals surface area contributed by atoms with Crippen molar-refractivity contribution in [3.05, 3.63) is 54.9 Å². The van der Waals surface area contributed by atoms with Crippen LogP contribution in [0.5, 0.6) is 5.75 Å². The van der Waals surface area contributed by atoms with Crippen molar-refractivity contribution in [1.82, 2.24) is 24.9 Å². The molecule has 0 aliphatic heterocycles. The molecule has 144 valence electrons. The van der Waals surface area contributed by atoms with Crippen LogP contribution in [0.1, 0.15) is 6.92 Å². The fourth-order valence-corrected chi connectivity index (χ4v) is 3.49. The summed E-state index contributed by atoms with van der Waals surface area (Å²) < 4.78 is 27.4. The molecule has 0 fully saturated rings. The quantitative estimate of drug-likeness (QED) is 0.451. The number of aryl methyl sites for hydroxylation is 1. The lowest BCUT2D eigenvalue weighted by Gasteiger charge is -2.11. The first kappa shape index (κ1) is 17.3. The van der Waals surface area contributed by atoms with Gasteiger partial charge in [-0.25, -0.2) is 9.37 Å². The summed E-state index contributed by atoms with van der Waals surface area (Å²) in [4.78, 5) is 4.48. The van der Waals surface area contributed by atoms with E-state index in [0.717, 1.165) is 28.6 Å². The van der Waals surface area contributed by atoms with Gasteiger partial charge in [-0.3, -0.25) is 0 Å². The van der Waals surface area contributed by atoms with E-state index in [1.165, 1.54) is 13.2 Å². The van der Waals surface area contributed by atoms with Gasteiger partial charge in [-0.2, -0.15) is 5.10 Å². The minimum Gasteiger partial charge on any atom is -0.496 e. The Bertz CT molecular complexity index is 1360. The highest BCUT2D eigenvalue weighted by atomic mass is 19.1. The van der Waals surface area contributed by atoms with Crippen molar-refractivity contribution in [2.24, 2.45) is 0 Å². The summed E-state index contributed by atoms with van der Waals surface area (Å²) in [5, 5.41) is 12.9. The number of ether oxygens (including phenoxy) is 1. The molecule has 3 aromatic heterocycles.